The van der Waals surface area contributed by atoms with Gasteiger partial charge in [0.05, 0.1) is 16.6 Å². The Hall–Kier alpha value is -1.60. The number of imidazole rings is 1. The van der Waals surface area contributed by atoms with Crippen LogP contribution < -0.4 is 0 Å². The van der Waals surface area contributed by atoms with Crippen LogP contribution in [0, 0.1) is 3.57 Å². The molecule has 3 rings (SSSR count). The summed E-state index contributed by atoms with van der Waals surface area (Å²) in [7, 11) is 1.90. The zero-order valence-corrected chi connectivity index (χ0v) is 13.9. The molecule has 3 aromatic rings. The Morgan fingerprint density at radius 3 is 2.76 bits per heavy atom. The molecule has 0 aliphatic heterocycles. The lowest BCUT2D eigenvalue weighted by atomic mass is 10.2. The number of rotatable bonds is 2. The van der Waals surface area contributed by atoms with Crippen LogP contribution in [0.4, 0.5) is 0 Å². The average Bonchev–Trinajstić information content (AvgIpc) is 2.78. The Labute approximate surface area is 139 Å². The van der Waals surface area contributed by atoms with E-state index in [0.29, 0.717) is 10.5 Å². The van der Waals surface area contributed by atoms with Crippen LogP contribution in [0.25, 0.3) is 22.4 Å². The molecule has 0 unspecified atom stereocenters. The third kappa shape index (κ3) is 2.51. The molecule has 0 saturated heterocycles. The Kier molecular flexibility index (Phi) is 3.62. The fourth-order valence-electron chi connectivity index (χ4n) is 2.24. The monoisotopic (exact) mass is 412 g/mol. The Bertz CT molecular complexity index is 873. The molecule has 0 bridgehead atoms. The summed E-state index contributed by atoms with van der Waals surface area (Å²) in [5.74, 6) is -0.194. The van der Waals surface area contributed by atoms with Gasteiger partial charge in [-0.15, -0.1) is 0 Å². The number of nitrogens with zero attached hydrogens (tertiary/aromatic N) is 2. The van der Waals surface area contributed by atoms with Gasteiger partial charge in [0.15, 0.2) is 0 Å². The van der Waals surface area contributed by atoms with E-state index in [1.54, 1.807) is 18.2 Å². The van der Waals surface area contributed by atoms with E-state index >= 15 is 0 Å². The Morgan fingerprint density at radius 2 is 2.05 bits per heavy atom. The molecule has 0 aliphatic carbocycles. The van der Waals surface area contributed by atoms with Crippen LogP contribution in [0.2, 0.25) is 5.02 Å². The van der Waals surface area contributed by atoms with Gasteiger partial charge in [0.1, 0.15) is 5.82 Å². The number of benzene rings is 2. The van der Waals surface area contributed by atoms with Gasteiger partial charge < -0.3 is 9.67 Å². The first kappa shape index (κ1) is 14.3. The smallest absolute Gasteiger partial charge is 0.335 e. The van der Waals surface area contributed by atoms with E-state index in [0.717, 1.165) is 20.5 Å². The number of aryl methyl sites for hydroxylation is 1. The van der Waals surface area contributed by atoms with Crippen LogP contribution in [-0.4, -0.2) is 20.6 Å². The topological polar surface area (TPSA) is 55.1 Å². The molecule has 0 radical (unpaired) electrons. The maximum absolute atomic E-state index is 11.1. The van der Waals surface area contributed by atoms with Gasteiger partial charge in [-0.2, -0.15) is 0 Å². The van der Waals surface area contributed by atoms with Gasteiger partial charge in [-0.25, -0.2) is 9.78 Å². The van der Waals surface area contributed by atoms with Crippen molar-refractivity contribution in [1.82, 2.24) is 9.55 Å². The lowest BCUT2D eigenvalue weighted by Crippen LogP contribution is -1.96. The molecule has 106 valence electrons. The number of carbonyl (C=O) groups is 1. The van der Waals surface area contributed by atoms with Gasteiger partial charge in [-0.05, 0) is 59.0 Å². The predicted octanol–water partition coefficient (Wildman–Crippen LogP) is 4.20. The molecule has 0 fully saturated rings. The van der Waals surface area contributed by atoms with Gasteiger partial charge in [0, 0.05) is 21.2 Å². The summed E-state index contributed by atoms with van der Waals surface area (Å²) < 4.78 is 2.98. The first-order valence-corrected chi connectivity index (χ1v) is 7.58. The summed E-state index contributed by atoms with van der Waals surface area (Å²) in [6, 6.07) is 10.6. The lowest BCUT2D eigenvalue weighted by molar-refractivity contribution is 0.0697. The molecule has 0 amide bonds. The highest BCUT2D eigenvalue weighted by molar-refractivity contribution is 14.1. The summed E-state index contributed by atoms with van der Waals surface area (Å²) in [6.07, 6.45) is 0. The molecule has 1 heterocycles. The summed E-state index contributed by atoms with van der Waals surface area (Å²) >= 11 is 8.30. The van der Waals surface area contributed by atoms with Gasteiger partial charge >= 0.3 is 5.97 Å². The molecule has 21 heavy (non-hydrogen) atoms. The van der Waals surface area contributed by atoms with Crippen LogP contribution in [-0.2, 0) is 7.05 Å². The standard InChI is InChI=1S/C15H10ClIN2O2/c1-19-13-5-2-8(15(20)21)6-12(13)18-14(19)10-7-9(16)3-4-11(10)17/h2-7H,1H3,(H,20,21). The number of carboxylic acid groups (broad SMARTS) is 1. The fraction of sp³-hybridized carbons (Fsp3) is 0.0667. The van der Waals surface area contributed by atoms with E-state index in [-0.39, 0.29) is 5.56 Å². The van der Waals surface area contributed by atoms with E-state index < -0.39 is 5.97 Å². The van der Waals surface area contributed by atoms with Crippen LogP contribution >= 0.6 is 34.2 Å². The number of aromatic carboxylic acids is 1. The van der Waals surface area contributed by atoms with Crippen LogP contribution in [0.5, 0.6) is 0 Å². The zero-order chi connectivity index (χ0) is 15.1. The summed E-state index contributed by atoms with van der Waals surface area (Å²) in [4.78, 5) is 15.6. The summed E-state index contributed by atoms with van der Waals surface area (Å²) in [5.41, 5.74) is 2.69. The largest absolute Gasteiger partial charge is 0.478 e. The minimum atomic E-state index is -0.957. The first-order chi connectivity index (χ1) is 9.97. The highest BCUT2D eigenvalue weighted by Gasteiger charge is 2.14. The van der Waals surface area contributed by atoms with Crippen molar-refractivity contribution >= 4 is 51.2 Å². The van der Waals surface area contributed by atoms with Crippen molar-refractivity contribution in [2.24, 2.45) is 7.05 Å². The molecule has 0 saturated carbocycles. The molecular weight excluding hydrogens is 403 g/mol. The second-order valence-corrected chi connectivity index (χ2v) is 6.23. The zero-order valence-electron chi connectivity index (χ0n) is 11.0. The van der Waals surface area contributed by atoms with Gasteiger partial charge in [-0.1, -0.05) is 11.6 Å². The third-order valence-electron chi connectivity index (χ3n) is 3.30. The number of aromatic nitrogens is 2. The Morgan fingerprint density at radius 1 is 1.29 bits per heavy atom. The predicted molar refractivity (Wildman–Crippen MR) is 90.8 cm³/mol. The number of carboxylic acids is 1. The second kappa shape index (κ2) is 5.31. The van der Waals surface area contributed by atoms with Crippen molar-refractivity contribution in [1.29, 1.82) is 0 Å². The number of hydrogen-bond acceptors (Lipinski definition) is 2. The van der Waals surface area contributed by atoms with Crippen LogP contribution in [0.15, 0.2) is 36.4 Å². The van der Waals surface area contributed by atoms with Gasteiger partial charge in [-0.3, -0.25) is 0 Å². The van der Waals surface area contributed by atoms with Crippen LogP contribution in [0.1, 0.15) is 10.4 Å². The molecule has 0 atom stereocenters. The third-order valence-corrected chi connectivity index (χ3v) is 4.47. The second-order valence-electron chi connectivity index (χ2n) is 4.63. The van der Waals surface area contributed by atoms with E-state index in [1.807, 2.05) is 29.8 Å². The SMILES string of the molecule is Cn1c(-c2cc(Cl)ccc2I)nc2cc(C(=O)O)ccc21. The quantitative estimate of drug-likeness (QED) is 0.642. The summed E-state index contributed by atoms with van der Waals surface area (Å²) in [5, 5.41) is 9.71. The number of fused-ring (bicyclic) bond motifs is 1. The molecule has 0 aliphatic rings. The lowest BCUT2D eigenvalue weighted by Gasteiger charge is -2.05. The highest BCUT2D eigenvalue weighted by Crippen LogP contribution is 2.30. The minimum Gasteiger partial charge on any atom is -0.478 e. The number of hydrogen-bond donors (Lipinski definition) is 1. The van der Waals surface area contributed by atoms with Crippen molar-refractivity contribution in [2.45, 2.75) is 0 Å². The van der Waals surface area contributed by atoms with Gasteiger partial charge in [0.2, 0.25) is 0 Å². The van der Waals surface area contributed by atoms with Gasteiger partial charge in [0.25, 0.3) is 0 Å². The van der Waals surface area contributed by atoms with Crippen molar-refractivity contribution in [3.05, 3.63) is 50.6 Å². The molecule has 1 aromatic heterocycles. The fourth-order valence-corrected chi connectivity index (χ4v) is 2.99. The van der Waals surface area contributed by atoms with Crippen molar-refractivity contribution in [3.8, 4) is 11.4 Å². The van der Waals surface area contributed by atoms with E-state index in [1.165, 1.54) is 0 Å². The molecule has 4 nitrogen and oxygen atoms in total. The van der Waals surface area contributed by atoms with Crippen molar-refractivity contribution < 1.29 is 9.90 Å². The summed E-state index contributed by atoms with van der Waals surface area (Å²) in [6.45, 7) is 0. The average molecular weight is 413 g/mol. The number of halogens is 2. The first-order valence-electron chi connectivity index (χ1n) is 6.12. The molecule has 6 heteroatoms. The van der Waals surface area contributed by atoms with E-state index in [9.17, 15) is 4.79 Å². The maximum atomic E-state index is 11.1. The molecule has 1 N–H and O–H groups in total. The van der Waals surface area contributed by atoms with E-state index in [4.69, 9.17) is 16.7 Å². The molecule has 0 spiro atoms. The van der Waals surface area contributed by atoms with Crippen molar-refractivity contribution in [2.75, 3.05) is 0 Å². The highest BCUT2D eigenvalue weighted by atomic mass is 127. The minimum absolute atomic E-state index is 0.230. The van der Waals surface area contributed by atoms with Crippen LogP contribution in [0.3, 0.4) is 0 Å². The normalized spacial score (nSPS) is 11.0. The Balaban J connectivity index is 2.26. The maximum Gasteiger partial charge on any atom is 0.335 e. The van der Waals surface area contributed by atoms with Crippen molar-refractivity contribution in [3.63, 3.8) is 0 Å². The molecule has 2 aromatic carbocycles. The molecular formula is C15H10ClIN2O2. The van der Waals surface area contributed by atoms with E-state index in [2.05, 4.69) is 27.6 Å².